The first kappa shape index (κ1) is 19.2. The van der Waals surface area contributed by atoms with Crippen molar-refractivity contribution >= 4 is 23.4 Å². The highest BCUT2D eigenvalue weighted by Crippen LogP contribution is 2.10. The molecule has 0 aliphatic carbocycles. The Hall–Kier alpha value is -3.15. The highest BCUT2D eigenvalue weighted by Gasteiger charge is 2.09. The van der Waals surface area contributed by atoms with Crippen LogP contribution >= 0.6 is 0 Å². The van der Waals surface area contributed by atoms with Gasteiger partial charge in [0.2, 0.25) is 11.8 Å². The summed E-state index contributed by atoms with van der Waals surface area (Å²) in [5, 5.41) is 7.89. The van der Waals surface area contributed by atoms with Gasteiger partial charge in [-0.25, -0.2) is 0 Å². The maximum atomic E-state index is 12.2. The molecule has 0 spiro atoms. The third-order valence-corrected chi connectivity index (χ3v) is 3.77. The lowest BCUT2D eigenvalue weighted by molar-refractivity contribution is -0.120. The van der Waals surface area contributed by atoms with Gasteiger partial charge in [-0.05, 0) is 43.7 Å². The van der Waals surface area contributed by atoms with E-state index in [1.54, 1.807) is 43.4 Å². The summed E-state index contributed by atoms with van der Waals surface area (Å²) in [5.74, 6) is -0.675. The molecular formula is C20H23N3O3. The molecule has 0 atom stereocenters. The van der Waals surface area contributed by atoms with Gasteiger partial charge in [-0.1, -0.05) is 29.3 Å². The summed E-state index contributed by atoms with van der Waals surface area (Å²) in [5.41, 5.74) is 3.99. The largest absolute Gasteiger partial charge is 0.359 e. The molecule has 0 aliphatic heterocycles. The van der Waals surface area contributed by atoms with E-state index in [1.165, 1.54) is 0 Å². The SMILES string of the molecule is CNC(=O)Cc1ccc(NC(=O)CNC(=O)c2cc(C)cc(C)c2)cc1. The zero-order valence-corrected chi connectivity index (χ0v) is 15.2. The minimum Gasteiger partial charge on any atom is -0.359 e. The molecule has 0 heterocycles. The summed E-state index contributed by atoms with van der Waals surface area (Å²) in [4.78, 5) is 35.5. The van der Waals surface area contributed by atoms with Gasteiger partial charge in [0.25, 0.3) is 5.91 Å². The van der Waals surface area contributed by atoms with E-state index in [1.807, 2.05) is 19.9 Å². The molecule has 0 fully saturated rings. The van der Waals surface area contributed by atoms with E-state index in [4.69, 9.17) is 0 Å². The molecule has 0 radical (unpaired) electrons. The lowest BCUT2D eigenvalue weighted by Gasteiger charge is -2.09. The van der Waals surface area contributed by atoms with Gasteiger partial charge in [0.15, 0.2) is 0 Å². The quantitative estimate of drug-likeness (QED) is 0.742. The lowest BCUT2D eigenvalue weighted by atomic mass is 10.1. The second-order valence-corrected chi connectivity index (χ2v) is 6.15. The number of anilines is 1. The number of benzene rings is 2. The average molecular weight is 353 g/mol. The number of nitrogens with one attached hydrogen (secondary N) is 3. The topological polar surface area (TPSA) is 87.3 Å². The molecule has 0 aliphatic rings. The predicted molar refractivity (Wildman–Crippen MR) is 101 cm³/mol. The minimum atomic E-state index is -0.318. The van der Waals surface area contributed by atoms with Crippen molar-refractivity contribution in [3.05, 3.63) is 64.7 Å². The minimum absolute atomic E-state index is 0.0733. The third kappa shape index (κ3) is 5.73. The molecule has 3 amide bonds. The molecule has 2 rings (SSSR count). The van der Waals surface area contributed by atoms with E-state index < -0.39 is 0 Å². The van der Waals surface area contributed by atoms with Gasteiger partial charge in [-0.15, -0.1) is 0 Å². The number of likely N-dealkylation sites (N-methyl/N-ethyl adjacent to an activating group) is 1. The molecule has 0 saturated heterocycles. The molecule has 26 heavy (non-hydrogen) atoms. The third-order valence-electron chi connectivity index (χ3n) is 3.77. The molecule has 6 heteroatoms. The summed E-state index contributed by atoms with van der Waals surface area (Å²) in [7, 11) is 1.59. The molecule has 0 bridgehead atoms. The van der Waals surface area contributed by atoms with Crippen molar-refractivity contribution in [2.24, 2.45) is 0 Å². The lowest BCUT2D eigenvalue weighted by Crippen LogP contribution is -2.32. The molecule has 136 valence electrons. The zero-order chi connectivity index (χ0) is 19.1. The van der Waals surface area contributed by atoms with Crippen molar-refractivity contribution in [1.29, 1.82) is 0 Å². The standard InChI is InChI=1S/C20H23N3O3/c1-13-8-14(2)10-16(9-13)20(26)22-12-19(25)23-17-6-4-15(5-7-17)11-18(24)21-3/h4-10H,11-12H2,1-3H3,(H,21,24)(H,22,26)(H,23,25). The molecule has 3 N–H and O–H groups in total. The number of carbonyl (C=O) groups is 3. The Morgan fingerprint density at radius 3 is 2.08 bits per heavy atom. The number of rotatable bonds is 6. The van der Waals surface area contributed by atoms with E-state index in [-0.39, 0.29) is 30.7 Å². The Morgan fingerprint density at radius 2 is 1.50 bits per heavy atom. The molecule has 2 aromatic rings. The highest BCUT2D eigenvalue weighted by atomic mass is 16.2. The molecular weight excluding hydrogens is 330 g/mol. The fourth-order valence-corrected chi connectivity index (χ4v) is 2.55. The fourth-order valence-electron chi connectivity index (χ4n) is 2.55. The van der Waals surface area contributed by atoms with E-state index in [0.29, 0.717) is 11.3 Å². The Labute approximate surface area is 153 Å². The van der Waals surface area contributed by atoms with Crippen LogP contribution in [0.4, 0.5) is 5.69 Å². The van der Waals surface area contributed by atoms with Crippen molar-refractivity contribution in [1.82, 2.24) is 10.6 Å². The summed E-state index contributed by atoms with van der Waals surface area (Å²) >= 11 is 0. The Balaban J connectivity index is 1.86. The Morgan fingerprint density at radius 1 is 0.885 bits per heavy atom. The van der Waals surface area contributed by atoms with Crippen molar-refractivity contribution in [3.8, 4) is 0 Å². The van der Waals surface area contributed by atoms with Crippen LogP contribution < -0.4 is 16.0 Å². The summed E-state index contributed by atoms with van der Waals surface area (Å²) in [6, 6.07) is 12.6. The van der Waals surface area contributed by atoms with Crippen LogP contribution in [0, 0.1) is 13.8 Å². The van der Waals surface area contributed by atoms with Crippen molar-refractivity contribution in [2.75, 3.05) is 18.9 Å². The van der Waals surface area contributed by atoms with Gasteiger partial charge in [0, 0.05) is 18.3 Å². The number of amides is 3. The van der Waals surface area contributed by atoms with Gasteiger partial charge in [0.05, 0.1) is 13.0 Å². The summed E-state index contributed by atoms with van der Waals surface area (Å²) in [6.45, 7) is 3.72. The maximum absolute atomic E-state index is 12.2. The summed E-state index contributed by atoms with van der Waals surface area (Å²) < 4.78 is 0. The second-order valence-electron chi connectivity index (χ2n) is 6.15. The van der Waals surface area contributed by atoms with Crippen molar-refractivity contribution < 1.29 is 14.4 Å². The van der Waals surface area contributed by atoms with Crippen LogP contribution in [0.3, 0.4) is 0 Å². The summed E-state index contributed by atoms with van der Waals surface area (Å²) in [6.07, 6.45) is 0.288. The predicted octanol–water partition coefficient (Wildman–Crippen LogP) is 1.96. The van der Waals surface area contributed by atoms with E-state index in [2.05, 4.69) is 16.0 Å². The fraction of sp³-hybridized carbons (Fsp3) is 0.250. The first-order valence-electron chi connectivity index (χ1n) is 8.33. The normalized spacial score (nSPS) is 10.1. The van der Waals surface area contributed by atoms with Crippen LogP contribution in [-0.2, 0) is 16.0 Å². The average Bonchev–Trinajstić information content (AvgIpc) is 2.60. The van der Waals surface area contributed by atoms with Crippen LogP contribution in [0.15, 0.2) is 42.5 Å². The van der Waals surface area contributed by atoms with E-state index in [0.717, 1.165) is 16.7 Å². The maximum Gasteiger partial charge on any atom is 0.251 e. The van der Waals surface area contributed by atoms with Crippen LogP contribution in [0.25, 0.3) is 0 Å². The Kier molecular flexibility index (Phi) is 6.49. The Bertz CT molecular complexity index is 793. The first-order chi connectivity index (χ1) is 12.4. The number of hydrogen-bond acceptors (Lipinski definition) is 3. The number of hydrogen-bond donors (Lipinski definition) is 3. The molecule has 0 aromatic heterocycles. The van der Waals surface area contributed by atoms with Gasteiger partial charge < -0.3 is 16.0 Å². The van der Waals surface area contributed by atoms with Gasteiger partial charge in [0.1, 0.15) is 0 Å². The van der Waals surface area contributed by atoms with Gasteiger partial charge in [-0.2, -0.15) is 0 Å². The van der Waals surface area contributed by atoms with Crippen LogP contribution in [-0.4, -0.2) is 31.3 Å². The first-order valence-corrected chi connectivity index (χ1v) is 8.33. The van der Waals surface area contributed by atoms with Gasteiger partial charge in [-0.3, -0.25) is 14.4 Å². The van der Waals surface area contributed by atoms with Crippen LogP contribution in [0.2, 0.25) is 0 Å². The van der Waals surface area contributed by atoms with Crippen LogP contribution in [0.5, 0.6) is 0 Å². The number of carbonyl (C=O) groups excluding carboxylic acids is 3. The highest BCUT2D eigenvalue weighted by molar-refractivity contribution is 5.99. The second kappa shape index (κ2) is 8.80. The van der Waals surface area contributed by atoms with Crippen LogP contribution in [0.1, 0.15) is 27.0 Å². The van der Waals surface area contributed by atoms with E-state index in [9.17, 15) is 14.4 Å². The van der Waals surface area contributed by atoms with E-state index >= 15 is 0 Å². The molecule has 0 saturated carbocycles. The van der Waals surface area contributed by atoms with Crippen molar-refractivity contribution in [3.63, 3.8) is 0 Å². The smallest absolute Gasteiger partial charge is 0.251 e. The van der Waals surface area contributed by atoms with Crippen molar-refractivity contribution in [2.45, 2.75) is 20.3 Å². The number of aryl methyl sites for hydroxylation is 2. The van der Waals surface area contributed by atoms with Gasteiger partial charge >= 0.3 is 0 Å². The molecule has 2 aromatic carbocycles. The molecule has 0 unspecified atom stereocenters. The monoisotopic (exact) mass is 353 g/mol. The zero-order valence-electron chi connectivity index (χ0n) is 15.2. The molecule has 6 nitrogen and oxygen atoms in total.